The SMILES string of the molecule is CCCCC/C=C\CCC(CCCCCCCCCCCCCC)OC(=O)CCC(C(=O)OC(CC/C=C\CCCCC)CCCCCCCCCCCCCC)N(C)CC(O)CO. The third-order valence-corrected chi connectivity index (χ3v) is 13.1. The summed E-state index contributed by atoms with van der Waals surface area (Å²) in [5, 5.41) is 20.0. The highest BCUT2D eigenvalue weighted by molar-refractivity contribution is 5.77. The number of carbonyl (C=O) groups is 2. The second-order valence-electron chi connectivity index (χ2n) is 19.4. The highest BCUT2D eigenvalue weighted by atomic mass is 16.5. The van der Waals surface area contributed by atoms with E-state index in [1.54, 1.807) is 11.9 Å². The lowest BCUT2D eigenvalue weighted by molar-refractivity contribution is -0.157. The van der Waals surface area contributed by atoms with Crippen LogP contribution in [0.2, 0.25) is 0 Å². The molecule has 0 rings (SSSR count). The molecular weight excluding hydrogens is 795 g/mol. The van der Waals surface area contributed by atoms with E-state index < -0.39 is 18.8 Å². The topological polar surface area (TPSA) is 96.3 Å². The number of nitrogens with zero attached hydrogens (tertiary/aromatic N) is 1. The van der Waals surface area contributed by atoms with E-state index in [0.717, 1.165) is 70.6 Å². The smallest absolute Gasteiger partial charge is 0.323 e. The molecule has 4 atom stereocenters. The van der Waals surface area contributed by atoms with Gasteiger partial charge in [-0.25, -0.2) is 0 Å². The van der Waals surface area contributed by atoms with Crippen LogP contribution in [0.1, 0.15) is 285 Å². The van der Waals surface area contributed by atoms with Gasteiger partial charge in [-0.1, -0.05) is 219 Å². The van der Waals surface area contributed by atoms with E-state index in [1.165, 1.54) is 173 Å². The molecule has 0 spiro atoms. The number of ether oxygens (including phenoxy) is 2. The molecule has 2 N–H and O–H groups in total. The van der Waals surface area contributed by atoms with Gasteiger partial charge in [-0.05, 0) is 90.5 Å². The minimum Gasteiger partial charge on any atom is -0.462 e. The summed E-state index contributed by atoms with van der Waals surface area (Å²) in [6.45, 7) is 8.72. The minimum atomic E-state index is -0.989. The Hall–Kier alpha value is -1.70. The number of allylic oxidation sites excluding steroid dienone is 4. The van der Waals surface area contributed by atoms with Crippen LogP contribution in [0.4, 0.5) is 0 Å². The Kier molecular flexibility index (Phi) is 47.9. The van der Waals surface area contributed by atoms with Gasteiger partial charge in [-0.2, -0.15) is 0 Å². The van der Waals surface area contributed by atoms with Crippen molar-refractivity contribution < 1.29 is 29.3 Å². The summed E-state index contributed by atoms with van der Waals surface area (Å²) in [4.78, 5) is 29.3. The summed E-state index contributed by atoms with van der Waals surface area (Å²) in [5.41, 5.74) is 0. The fourth-order valence-electron chi connectivity index (χ4n) is 8.79. The molecule has 0 aliphatic heterocycles. The predicted octanol–water partition coefficient (Wildman–Crippen LogP) is 16.3. The predicted molar refractivity (Wildman–Crippen MR) is 275 cm³/mol. The van der Waals surface area contributed by atoms with Gasteiger partial charge in [0.15, 0.2) is 0 Å². The van der Waals surface area contributed by atoms with Crippen molar-refractivity contribution in [1.82, 2.24) is 4.90 Å². The molecule has 0 aromatic rings. The minimum absolute atomic E-state index is 0.102. The average Bonchev–Trinajstić information content (AvgIpc) is 3.28. The number of unbranched alkanes of at least 4 members (excludes halogenated alkanes) is 28. The average molecular weight is 904 g/mol. The van der Waals surface area contributed by atoms with Crippen LogP contribution in [-0.2, 0) is 19.1 Å². The normalized spacial score (nSPS) is 13.9. The van der Waals surface area contributed by atoms with Crippen molar-refractivity contribution in [2.75, 3.05) is 20.2 Å². The summed E-state index contributed by atoms with van der Waals surface area (Å²) in [7, 11) is 1.78. The Bertz CT molecular complexity index is 1050. The number of esters is 2. The van der Waals surface area contributed by atoms with Gasteiger partial charge in [-0.3, -0.25) is 14.5 Å². The van der Waals surface area contributed by atoms with Crippen LogP contribution in [0, 0.1) is 0 Å². The van der Waals surface area contributed by atoms with Gasteiger partial charge >= 0.3 is 11.9 Å². The molecule has 0 amide bonds. The number of aliphatic hydroxyl groups excluding tert-OH is 2. The lowest BCUT2D eigenvalue weighted by Gasteiger charge is -2.29. The van der Waals surface area contributed by atoms with E-state index in [9.17, 15) is 19.8 Å². The molecule has 0 heterocycles. The summed E-state index contributed by atoms with van der Waals surface area (Å²) in [6.07, 6.45) is 53.7. The molecule has 0 aromatic carbocycles. The molecule has 0 aliphatic rings. The van der Waals surface area contributed by atoms with Crippen LogP contribution in [0.25, 0.3) is 0 Å². The molecule has 64 heavy (non-hydrogen) atoms. The Morgan fingerprint density at radius 1 is 0.453 bits per heavy atom. The van der Waals surface area contributed by atoms with E-state index in [1.807, 2.05) is 0 Å². The first-order valence-electron chi connectivity index (χ1n) is 28.0. The van der Waals surface area contributed by atoms with Crippen LogP contribution in [0.3, 0.4) is 0 Å². The van der Waals surface area contributed by atoms with Crippen molar-refractivity contribution in [3.8, 4) is 0 Å². The lowest BCUT2D eigenvalue weighted by atomic mass is 10.0. The Balaban J connectivity index is 5.42. The second-order valence-corrected chi connectivity index (χ2v) is 19.4. The number of aliphatic hydroxyl groups is 2. The first-order chi connectivity index (χ1) is 31.3. The molecule has 0 radical (unpaired) electrons. The van der Waals surface area contributed by atoms with Crippen LogP contribution >= 0.6 is 0 Å². The van der Waals surface area contributed by atoms with Crippen molar-refractivity contribution in [3.05, 3.63) is 24.3 Å². The molecule has 0 saturated carbocycles. The first-order valence-corrected chi connectivity index (χ1v) is 28.0. The molecular formula is C57H109NO6. The molecule has 378 valence electrons. The van der Waals surface area contributed by atoms with Crippen molar-refractivity contribution >= 4 is 11.9 Å². The zero-order valence-electron chi connectivity index (χ0n) is 43.3. The zero-order valence-corrected chi connectivity index (χ0v) is 43.3. The number of rotatable bonds is 50. The van der Waals surface area contributed by atoms with E-state index in [-0.39, 0.29) is 43.5 Å². The third-order valence-electron chi connectivity index (χ3n) is 13.1. The van der Waals surface area contributed by atoms with Gasteiger partial charge in [0, 0.05) is 13.0 Å². The van der Waals surface area contributed by atoms with E-state index in [2.05, 4.69) is 52.0 Å². The molecule has 4 unspecified atom stereocenters. The number of hydrogen-bond acceptors (Lipinski definition) is 7. The van der Waals surface area contributed by atoms with Crippen molar-refractivity contribution in [1.29, 1.82) is 0 Å². The van der Waals surface area contributed by atoms with Crippen LogP contribution in [-0.4, -0.2) is 71.6 Å². The summed E-state index contributed by atoms with van der Waals surface area (Å²) in [5.74, 6) is -0.622. The quantitative estimate of drug-likeness (QED) is 0.0357. The maximum atomic E-state index is 14.0. The zero-order chi connectivity index (χ0) is 47.0. The van der Waals surface area contributed by atoms with Gasteiger partial charge in [0.05, 0.1) is 12.7 Å². The van der Waals surface area contributed by atoms with Gasteiger partial charge in [0.2, 0.25) is 0 Å². The number of likely N-dealkylation sites (N-methyl/N-ethyl adjacent to an activating group) is 1. The van der Waals surface area contributed by atoms with Gasteiger partial charge in [-0.15, -0.1) is 0 Å². The van der Waals surface area contributed by atoms with Crippen molar-refractivity contribution in [2.45, 2.75) is 309 Å². The van der Waals surface area contributed by atoms with Crippen molar-refractivity contribution in [3.63, 3.8) is 0 Å². The monoisotopic (exact) mass is 904 g/mol. The fourth-order valence-corrected chi connectivity index (χ4v) is 8.79. The van der Waals surface area contributed by atoms with E-state index in [0.29, 0.717) is 0 Å². The standard InChI is InChI=1S/C57H109NO6/c1-6-10-14-18-22-24-26-28-30-34-38-41-45-53(44-40-36-32-20-16-12-8-3)63-56(61)49-48-55(58(5)50-52(60)51-59)57(62)64-54(46-42-37-33-21-17-13-9-4)47-43-39-35-31-29-27-25-23-19-15-11-7-2/h32-33,36-37,52-55,59-60H,6-31,34-35,38-51H2,1-5H3/b36-32-,37-33-. The van der Waals surface area contributed by atoms with Crippen LogP contribution < -0.4 is 0 Å². The molecule has 7 heteroatoms. The largest absolute Gasteiger partial charge is 0.462 e. The molecule has 0 fully saturated rings. The summed E-state index contributed by atoms with van der Waals surface area (Å²) < 4.78 is 12.5. The molecule has 0 aromatic heterocycles. The first kappa shape index (κ1) is 62.3. The second kappa shape index (κ2) is 49.2. The molecule has 7 nitrogen and oxygen atoms in total. The summed E-state index contributed by atoms with van der Waals surface area (Å²) >= 11 is 0. The Morgan fingerprint density at radius 2 is 0.797 bits per heavy atom. The maximum absolute atomic E-state index is 14.0. The van der Waals surface area contributed by atoms with E-state index in [4.69, 9.17) is 9.47 Å². The van der Waals surface area contributed by atoms with Gasteiger partial charge < -0.3 is 19.7 Å². The highest BCUT2D eigenvalue weighted by Crippen LogP contribution is 2.21. The number of carbonyl (C=O) groups excluding carboxylic acids is 2. The Labute approximate surface area is 398 Å². The van der Waals surface area contributed by atoms with Crippen molar-refractivity contribution in [2.24, 2.45) is 0 Å². The molecule has 0 saturated heterocycles. The highest BCUT2D eigenvalue weighted by Gasteiger charge is 2.29. The van der Waals surface area contributed by atoms with Gasteiger partial charge in [0.1, 0.15) is 18.2 Å². The van der Waals surface area contributed by atoms with Gasteiger partial charge in [0.25, 0.3) is 0 Å². The van der Waals surface area contributed by atoms with Crippen LogP contribution in [0.5, 0.6) is 0 Å². The van der Waals surface area contributed by atoms with Crippen LogP contribution in [0.15, 0.2) is 24.3 Å². The maximum Gasteiger partial charge on any atom is 0.323 e. The Morgan fingerprint density at radius 3 is 1.19 bits per heavy atom. The fraction of sp³-hybridized carbons (Fsp3) is 0.895. The lowest BCUT2D eigenvalue weighted by Crippen LogP contribution is -2.45. The third kappa shape index (κ3) is 41.7. The summed E-state index contributed by atoms with van der Waals surface area (Å²) in [6, 6.07) is -0.719. The van der Waals surface area contributed by atoms with E-state index >= 15 is 0 Å². The molecule has 0 aliphatic carbocycles. The number of hydrogen-bond donors (Lipinski definition) is 2. The molecule has 0 bridgehead atoms.